The van der Waals surface area contributed by atoms with Crippen LogP contribution in [0.25, 0.3) is 0 Å². The molecular weight excluding hydrogens is 344 g/mol. The van der Waals surface area contributed by atoms with E-state index in [4.69, 9.17) is 0 Å². The number of nitrogens with one attached hydrogen (secondary N) is 1. The van der Waals surface area contributed by atoms with Crippen molar-refractivity contribution in [3.63, 3.8) is 0 Å². The van der Waals surface area contributed by atoms with E-state index in [-0.39, 0.29) is 22.8 Å². The Kier molecular flexibility index (Phi) is 5.88. The molecule has 132 valence electrons. The summed E-state index contributed by atoms with van der Waals surface area (Å²) in [6.45, 7) is 2.26. The molecule has 0 saturated carbocycles. The Morgan fingerprint density at radius 2 is 2.08 bits per heavy atom. The molecule has 1 N–H and O–H groups in total. The summed E-state index contributed by atoms with van der Waals surface area (Å²) in [5.74, 6) is -0.508. The zero-order chi connectivity index (χ0) is 17.6. The van der Waals surface area contributed by atoms with E-state index in [1.807, 2.05) is 0 Å². The van der Waals surface area contributed by atoms with Crippen LogP contribution in [0, 0.1) is 16.9 Å². The minimum absolute atomic E-state index is 0.128. The second-order valence-electron chi connectivity index (χ2n) is 6.08. The van der Waals surface area contributed by atoms with Crippen molar-refractivity contribution in [2.75, 3.05) is 13.1 Å². The molecule has 1 saturated heterocycles. The van der Waals surface area contributed by atoms with Gasteiger partial charge in [-0.25, -0.2) is 9.82 Å². The molecule has 1 aromatic carbocycles. The highest BCUT2D eigenvalue weighted by molar-refractivity contribution is 7.12. The number of amides is 1. The van der Waals surface area contributed by atoms with Gasteiger partial charge in [0.1, 0.15) is 5.82 Å². The number of carbonyl (C=O) groups excluding carboxylic acids is 1. The molecule has 1 atom stereocenters. The molecule has 3 rings (SSSR count). The molecule has 2 heterocycles. The number of carbonyl (C=O) groups is 1. The van der Waals surface area contributed by atoms with E-state index in [1.54, 1.807) is 18.2 Å². The van der Waals surface area contributed by atoms with E-state index < -0.39 is 0 Å². The first-order chi connectivity index (χ1) is 12.1. The zero-order valence-corrected chi connectivity index (χ0v) is 14.4. The van der Waals surface area contributed by atoms with Gasteiger partial charge in [-0.2, -0.15) is 9.49 Å². The summed E-state index contributed by atoms with van der Waals surface area (Å²) < 4.78 is 25.9. The van der Waals surface area contributed by atoms with Gasteiger partial charge < -0.3 is 0 Å². The molecule has 4 nitrogen and oxygen atoms in total. The number of thiophene rings is 1. The van der Waals surface area contributed by atoms with E-state index >= 15 is 0 Å². The summed E-state index contributed by atoms with van der Waals surface area (Å²) in [4.78, 5) is 15.1. The Morgan fingerprint density at radius 3 is 2.80 bits per heavy atom. The maximum Gasteiger partial charge on any atom is 0.244 e. The van der Waals surface area contributed by atoms with Crippen LogP contribution < -0.4 is 5.43 Å². The number of likely N-dealkylation sites (tertiary alicyclic amines) is 1. The van der Waals surface area contributed by atoms with Crippen molar-refractivity contribution in [2.45, 2.75) is 19.4 Å². The predicted octanol–water partition coefficient (Wildman–Crippen LogP) is 3.39. The van der Waals surface area contributed by atoms with Crippen LogP contribution in [0.5, 0.6) is 0 Å². The number of benzene rings is 1. The average molecular weight is 363 g/mol. The standard InChI is InChI=1S/C18H19F2N3OS/c19-15-5-3-13(4-6-15)11-23-9-1-2-14(12-23)18(24)22-21-10-16-7-8-17(20)25-16/h3-8,10,14H,1-2,9,11-12H2,(H,22,24)/b21-10-/t14-/m1/s1. The highest BCUT2D eigenvalue weighted by Gasteiger charge is 2.25. The molecule has 0 spiro atoms. The number of hydrogen-bond donors (Lipinski definition) is 1. The van der Waals surface area contributed by atoms with Gasteiger partial charge in [-0.15, -0.1) is 11.3 Å². The first kappa shape index (κ1) is 17.7. The molecule has 0 bridgehead atoms. The third-order valence-corrected chi connectivity index (χ3v) is 4.96. The number of halogens is 2. The number of nitrogens with zero attached hydrogens (tertiary/aromatic N) is 2. The maximum absolute atomic E-state index is 13.0. The molecule has 1 aromatic heterocycles. The van der Waals surface area contributed by atoms with Gasteiger partial charge in [-0.05, 0) is 49.2 Å². The number of piperidine rings is 1. The molecule has 1 aliphatic heterocycles. The molecule has 0 unspecified atom stereocenters. The fraction of sp³-hybridized carbons (Fsp3) is 0.333. The topological polar surface area (TPSA) is 44.7 Å². The van der Waals surface area contributed by atoms with Crippen LogP contribution in [0.3, 0.4) is 0 Å². The Labute approximate surface area is 149 Å². The van der Waals surface area contributed by atoms with Crippen molar-refractivity contribution >= 4 is 23.5 Å². The summed E-state index contributed by atoms with van der Waals surface area (Å²) in [6, 6.07) is 9.41. The van der Waals surface area contributed by atoms with Gasteiger partial charge in [0.25, 0.3) is 0 Å². The number of rotatable bonds is 5. The van der Waals surface area contributed by atoms with Crippen LogP contribution in [0.4, 0.5) is 8.78 Å². The Hall–Kier alpha value is -2.12. The lowest BCUT2D eigenvalue weighted by Gasteiger charge is -2.31. The molecule has 0 aliphatic carbocycles. The average Bonchev–Trinajstić information content (AvgIpc) is 3.02. The van der Waals surface area contributed by atoms with Crippen LogP contribution >= 0.6 is 11.3 Å². The maximum atomic E-state index is 13.0. The molecule has 1 amide bonds. The normalized spacial score (nSPS) is 18.6. The smallest absolute Gasteiger partial charge is 0.244 e. The van der Waals surface area contributed by atoms with E-state index in [0.717, 1.165) is 36.3 Å². The van der Waals surface area contributed by atoms with Gasteiger partial charge in [0.15, 0.2) is 5.13 Å². The zero-order valence-electron chi connectivity index (χ0n) is 13.6. The summed E-state index contributed by atoms with van der Waals surface area (Å²) in [6.07, 6.45) is 3.19. The van der Waals surface area contributed by atoms with Crippen LogP contribution in [-0.2, 0) is 11.3 Å². The largest absolute Gasteiger partial charge is 0.298 e. The van der Waals surface area contributed by atoms with Gasteiger partial charge in [-0.3, -0.25) is 9.69 Å². The highest BCUT2D eigenvalue weighted by atomic mass is 32.1. The summed E-state index contributed by atoms with van der Waals surface area (Å²) in [5, 5.41) is 3.63. The monoisotopic (exact) mass is 363 g/mol. The second kappa shape index (κ2) is 8.31. The quantitative estimate of drug-likeness (QED) is 0.654. The minimum atomic E-state index is -0.281. The SMILES string of the molecule is O=C(N/N=C\c1ccc(F)s1)[C@@H]1CCCN(Cc2ccc(F)cc2)C1. The Bertz CT molecular complexity index is 745. The van der Waals surface area contributed by atoms with Crippen molar-refractivity contribution < 1.29 is 13.6 Å². The van der Waals surface area contributed by atoms with Crippen molar-refractivity contribution in [1.29, 1.82) is 0 Å². The van der Waals surface area contributed by atoms with Gasteiger partial charge in [-0.1, -0.05) is 12.1 Å². The molecule has 0 radical (unpaired) electrons. The molecular formula is C18H19F2N3OS. The van der Waals surface area contributed by atoms with E-state index in [0.29, 0.717) is 18.0 Å². The van der Waals surface area contributed by atoms with E-state index in [9.17, 15) is 13.6 Å². The van der Waals surface area contributed by atoms with Crippen LogP contribution in [0.2, 0.25) is 0 Å². The van der Waals surface area contributed by atoms with Gasteiger partial charge >= 0.3 is 0 Å². The second-order valence-corrected chi connectivity index (χ2v) is 7.14. The van der Waals surface area contributed by atoms with Gasteiger partial charge in [0.05, 0.1) is 17.0 Å². The lowest BCUT2D eigenvalue weighted by molar-refractivity contribution is -0.126. The number of hydrogen-bond acceptors (Lipinski definition) is 4. The first-order valence-electron chi connectivity index (χ1n) is 8.15. The Morgan fingerprint density at radius 1 is 1.28 bits per heavy atom. The third-order valence-electron chi connectivity index (χ3n) is 4.16. The van der Waals surface area contributed by atoms with Crippen molar-refractivity contribution in [1.82, 2.24) is 10.3 Å². The van der Waals surface area contributed by atoms with E-state index in [1.165, 1.54) is 24.4 Å². The molecule has 1 fully saturated rings. The number of hydrazone groups is 1. The lowest BCUT2D eigenvalue weighted by atomic mass is 9.97. The summed E-state index contributed by atoms with van der Waals surface area (Å²) in [7, 11) is 0. The summed E-state index contributed by atoms with van der Waals surface area (Å²) in [5.41, 5.74) is 3.57. The van der Waals surface area contributed by atoms with Gasteiger partial charge in [0, 0.05) is 13.1 Å². The first-order valence-corrected chi connectivity index (χ1v) is 8.97. The fourth-order valence-corrected chi connectivity index (χ4v) is 3.51. The molecule has 25 heavy (non-hydrogen) atoms. The minimum Gasteiger partial charge on any atom is -0.298 e. The lowest BCUT2D eigenvalue weighted by Crippen LogP contribution is -2.41. The third kappa shape index (κ3) is 5.17. The molecule has 1 aliphatic rings. The van der Waals surface area contributed by atoms with E-state index in [2.05, 4.69) is 15.4 Å². The highest BCUT2D eigenvalue weighted by Crippen LogP contribution is 2.19. The van der Waals surface area contributed by atoms with Crippen LogP contribution in [0.15, 0.2) is 41.5 Å². The van der Waals surface area contributed by atoms with Crippen molar-refractivity contribution in [3.05, 3.63) is 57.8 Å². The predicted molar refractivity (Wildman–Crippen MR) is 94.4 cm³/mol. The van der Waals surface area contributed by atoms with Crippen molar-refractivity contribution in [2.24, 2.45) is 11.0 Å². The molecule has 7 heteroatoms. The van der Waals surface area contributed by atoms with Crippen LogP contribution in [-0.4, -0.2) is 30.1 Å². The Balaban J connectivity index is 1.50. The van der Waals surface area contributed by atoms with Gasteiger partial charge in [0.2, 0.25) is 5.91 Å². The molecule has 2 aromatic rings. The van der Waals surface area contributed by atoms with Crippen molar-refractivity contribution in [3.8, 4) is 0 Å². The summed E-state index contributed by atoms with van der Waals surface area (Å²) >= 11 is 0.975. The fourth-order valence-electron chi connectivity index (χ4n) is 2.91. The van der Waals surface area contributed by atoms with Crippen LogP contribution in [0.1, 0.15) is 23.3 Å².